The molecule has 2 heterocycles. The molecule has 0 radical (unpaired) electrons. The molecule has 3 rings (SSSR count). The molecule has 29 heavy (non-hydrogen) atoms. The van der Waals surface area contributed by atoms with Crippen LogP contribution in [0.15, 0.2) is 30.3 Å². The number of hydrogen-bond acceptors (Lipinski definition) is 3. The summed E-state index contributed by atoms with van der Waals surface area (Å²) in [6.07, 6.45) is 4.64. The predicted octanol–water partition coefficient (Wildman–Crippen LogP) is 2.44. The van der Waals surface area contributed by atoms with Crippen LogP contribution in [0.25, 0.3) is 0 Å². The Labute approximate surface area is 174 Å². The van der Waals surface area contributed by atoms with Crippen molar-refractivity contribution in [1.29, 1.82) is 0 Å². The molecule has 2 aliphatic heterocycles. The van der Waals surface area contributed by atoms with Gasteiger partial charge >= 0.3 is 12.1 Å². The quantitative estimate of drug-likeness (QED) is 0.797. The van der Waals surface area contributed by atoms with Crippen LogP contribution in [0, 0.1) is 0 Å². The molecular weight excluding hydrogens is 366 g/mol. The molecule has 0 saturated carbocycles. The monoisotopic (exact) mass is 401 g/mol. The van der Waals surface area contributed by atoms with E-state index in [9.17, 15) is 9.59 Å². The highest BCUT2D eigenvalue weighted by molar-refractivity contribution is 5.76. The minimum absolute atomic E-state index is 0.0403. The fourth-order valence-electron chi connectivity index (χ4n) is 4.19. The van der Waals surface area contributed by atoms with Crippen molar-refractivity contribution in [2.75, 3.05) is 53.4 Å². The van der Waals surface area contributed by atoms with Crippen molar-refractivity contribution in [3.8, 4) is 0 Å². The molecule has 1 aromatic rings. The standard InChI is InChI=1S/C22H35N5O2/c1-24(2)22(29)27(16-15-25-12-7-4-8-13-25)20-11-14-26(18-20)21(28)23-17-19-9-5-3-6-10-19/h3,5-6,9-10,20H,4,7-8,11-18H2,1-2H3,(H,23,28). The van der Waals surface area contributed by atoms with Crippen LogP contribution in [-0.4, -0.2) is 91.1 Å². The summed E-state index contributed by atoms with van der Waals surface area (Å²) in [5.74, 6) is 0. The lowest BCUT2D eigenvalue weighted by atomic mass is 10.1. The minimum atomic E-state index is -0.0513. The predicted molar refractivity (Wildman–Crippen MR) is 115 cm³/mol. The summed E-state index contributed by atoms with van der Waals surface area (Å²) in [5.41, 5.74) is 1.09. The molecule has 7 nitrogen and oxygen atoms in total. The van der Waals surface area contributed by atoms with E-state index in [0.717, 1.165) is 38.2 Å². The average Bonchev–Trinajstić information content (AvgIpc) is 3.23. The highest BCUT2D eigenvalue weighted by Crippen LogP contribution is 2.18. The molecule has 4 amide bonds. The van der Waals surface area contributed by atoms with E-state index in [1.807, 2.05) is 40.1 Å². The van der Waals surface area contributed by atoms with Crippen LogP contribution in [0.2, 0.25) is 0 Å². The van der Waals surface area contributed by atoms with Gasteiger partial charge in [0.2, 0.25) is 0 Å². The molecule has 1 atom stereocenters. The number of rotatable bonds is 6. The van der Waals surface area contributed by atoms with E-state index in [4.69, 9.17) is 0 Å². The number of nitrogens with zero attached hydrogens (tertiary/aromatic N) is 4. The van der Waals surface area contributed by atoms with Crippen molar-refractivity contribution in [1.82, 2.24) is 24.9 Å². The first-order valence-corrected chi connectivity index (χ1v) is 10.8. The van der Waals surface area contributed by atoms with Crippen LogP contribution < -0.4 is 5.32 Å². The smallest absolute Gasteiger partial charge is 0.319 e. The highest BCUT2D eigenvalue weighted by Gasteiger charge is 2.33. The number of carbonyl (C=O) groups is 2. The highest BCUT2D eigenvalue weighted by atomic mass is 16.2. The van der Waals surface area contributed by atoms with E-state index in [2.05, 4.69) is 10.2 Å². The second kappa shape index (κ2) is 10.5. The molecule has 0 bridgehead atoms. The van der Waals surface area contributed by atoms with Crippen molar-refractivity contribution in [2.45, 2.75) is 38.3 Å². The number of urea groups is 2. The first kappa shape index (κ1) is 21.4. The second-order valence-corrected chi connectivity index (χ2v) is 8.31. The van der Waals surface area contributed by atoms with E-state index in [-0.39, 0.29) is 18.1 Å². The lowest BCUT2D eigenvalue weighted by Crippen LogP contribution is -2.50. The number of piperidine rings is 1. The molecular formula is C22H35N5O2. The maximum Gasteiger partial charge on any atom is 0.319 e. The van der Waals surface area contributed by atoms with Gasteiger partial charge in [0.1, 0.15) is 0 Å². The molecule has 160 valence electrons. The normalized spacial score (nSPS) is 19.8. The summed E-state index contributed by atoms with van der Waals surface area (Å²) in [6, 6.07) is 9.99. The van der Waals surface area contributed by atoms with Gasteiger partial charge in [-0.15, -0.1) is 0 Å². The lowest BCUT2D eigenvalue weighted by Gasteiger charge is -2.34. The van der Waals surface area contributed by atoms with Crippen LogP contribution in [0.3, 0.4) is 0 Å². The van der Waals surface area contributed by atoms with Crippen LogP contribution >= 0.6 is 0 Å². The Morgan fingerprint density at radius 3 is 2.48 bits per heavy atom. The van der Waals surface area contributed by atoms with Crippen LogP contribution in [0.1, 0.15) is 31.2 Å². The van der Waals surface area contributed by atoms with Gasteiger partial charge in [0.05, 0.1) is 6.04 Å². The van der Waals surface area contributed by atoms with Crippen molar-refractivity contribution in [3.05, 3.63) is 35.9 Å². The SMILES string of the molecule is CN(C)C(=O)N(CCN1CCCCC1)C1CCN(C(=O)NCc2ccccc2)C1. The van der Waals surface area contributed by atoms with E-state index < -0.39 is 0 Å². The van der Waals surface area contributed by atoms with Crippen LogP contribution in [0.5, 0.6) is 0 Å². The van der Waals surface area contributed by atoms with Crippen molar-refractivity contribution >= 4 is 12.1 Å². The molecule has 7 heteroatoms. The Morgan fingerprint density at radius 1 is 1.07 bits per heavy atom. The molecule has 0 spiro atoms. The third kappa shape index (κ3) is 6.10. The van der Waals surface area contributed by atoms with Gasteiger partial charge in [0.25, 0.3) is 0 Å². The van der Waals surface area contributed by atoms with Gasteiger partial charge in [-0.25, -0.2) is 9.59 Å². The number of hydrogen-bond donors (Lipinski definition) is 1. The zero-order chi connectivity index (χ0) is 20.6. The fourth-order valence-corrected chi connectivity index (χ4v) is 4.19. The Hall–Kier alpha value is -2.28. The maximum absolute atomic E-state index is 12.8. The van der Waals surface area contributed by atoms with Gasteiger partial charge in [-0.2, -0.15) is 0 Å². The summed E-state index contributed by atoms with van der Waals surface area (Å²) in [6.45, 7) is 5.70. The second-order valence-electron chi connectivity index (χ2n) is 8.31. The molecule has 2 aliphatic rings. The van der Waals surface area contributed by atoms with Gasteiger partial charge in [-0.1, -0.05) is 36.8 Å². The van der Waals surface area contributed by atoms with Gasteiger partial charge in [-0.3, -0.25) is 0 Å². The number of carbonyl (C=O) groups excluding carboxylic acids is 2. The minimum Gasteiger partial charge on any atom is -0.334 e. The summed E-state index contributed by atoms with van der Waals surface area (Å²) in [4.78, 5) is 33.3. The largest absolute Gasteiger partial charge is 0.334 e. The van der Waals surface area contributed by atoms with E-state index in [0.29, 0.717) is 19.6 Å². The lowest BCUT2D eigenvalue weighted by molar-refractivity contribution is 0.132. The van der Waals surface area contributed by atoms with E-state index in [1.165, 1.54) is 19.3 Å². The molecule has 1 aromatic carbocycles. The topological polar surface area (TPSA) is 59.1 Å². The zero-order valence-electron chi connectivity index (χ0n) is 17.8. The Kier molecular flexibility index (Phi) is 7.75. The van der Waals surface area contributed by atoms with Gasteiger partial charge < -0.3 is 24.9 Å². The molecule has 2 fully saturated rings. The summed E-state index contributed by atoms with van der Waals surface area (Å²) in [7, 11) is 3.60. The van der Waals surface area contributed by atoms with Crippen molar-refractivity contribution in [3.63, 3.8) is 0 Å². The van der Waals surface area contributed by atoms with E-state index >= 15 is 0 Å². The summed E-state index contributed by atoms with van der Waals surface area (Å²) < 4.78 is 0. The third-order valence-electron chi connectivity index (χ3n) is 5.91. The van der Waals surface area contributed by atoms with Crippen molar-refractivity contribution < 1.29 is 9.59 Å². The number of nitrogens with one attached hydrogen (secondary N) is 1. The van der Waals surface area contributed by atoms with Gasteiger partial charge in [-0.05, 0) is 37.9 Å². The Bertz CT molecular complexity index is 660. The Balaban J connectivity index is 1.53. The average molecular weight is 402 g/mol. The van der Waals surface area contributed by atoms with Gasteiger partial charge in [0.15, 0.2) is 0 Å². The zero-order valence-corrected chi connectivity index (χ0v) is 17.8. The van der Waals surface area contributed by atoms with Crippen LogP contribution in [0.4, 0.5) is 9.59 Å². The van der Waals surface area contributed by atoms with Crippen LogP contribution in [-0.2, 0) is 6.54 Å². The molecule has 1 unspecified atom stereocenters. The Morgan fingerprint density at radius 2 is 1.79 bits per heavy atom. The summed E-state index contributed by atoms with van der Waals surface area (Å²) in [5, 5.41) is 3.00. The number of amides is 4. The molecule has 0 aromatic heterocycles. The third-order valence-corrected chi connectivity index (χ3v) is 5.91. The first-order chi connectivity index (χ1) is 14.0. The number of likely N-dealkylation sites (tertiary alicyclic amines) is 2. The van der Waals surface area contributed by atoms with Crippen molar-refractivity contribution in [2.24, 2.45) is 0 Å². The summed E-state index contributed by atoms with van der Waals surface area (Å²) >= 11 is 0. The fraction of sp³-hybridized carbons (Fsp3) is 0.636. The molecule has 0 aliphatic carbocycles. The number of benzene rings is 1. The molecule has 2 saturated heterocycles. The van der Waals surface area contributed by atoms with Gasteiger partial charge in [0, 0.05) is 46.8 Å². The first-order valence-electron chi connectivity index (χ1n) is 10.8. The molecule has 1 N–H and O–H groups in total. The maximum atomic E-state index is 12.8. The van der Waals surface area contributed by atoms with E-state index in [1.54, 1.807) is 19.0 Å².